The maximum Gasteiger partial charge on any atom is 0.165 e. The SMILES string of the molecule is Cl.OC(c1ccccc1)(c1ccccc1)C1CCN(CCCOc2ccc3c(c2)OCCO3)CC1. The molecule has 35 heavy (non-hydrogen) atoms. The summed E-state index contributed by atoms with van der Waals surface area (Å²) in [5.74, 6) is 2.55. The number of ether oxygens (including phenoxy) is 3. The second-order valence-corrected chi connectivity index (χ2v) is 9.12. The summed E-state index contributed by atoms with van der Waals surface area (Å²) in [5, 5.41) is 12.0. The van der Waals surface area contributed by atoms with Crippen LogP contribution in [-0.2, 0) is 5.60 Å². The zero-order valence-corrected chi connectivity index (χ0v) is 20.8. The molecule has 6 heteroatoms. The third kappa shape index (κ3) is 5.75. The third-order valence-electron chi connectivity index (χ3n) is 7.01. The summed E-state index contributed by atoms with van der Waals surface area (Å²) in [5.41, 5.74) is 0.996. The third-order valence-corrected chi connectivity index (χ3v) is 7.01. The van der Waals surface area contributed by atoms with Crippen LogP contribution in [-0.4, -0.2) is 49.5 Å². The van der Waals surface area contributed by atoms with Crippen LogP contribution >= 0.6 is 12.4 Å². The van der Waals surface area contributed by atoms with Crippen LogP contribution < -0.4 is 14.2 Å². The normalized spacial score (nSPS) is 16.4. The lowest BCUT2D eigenvalue weighted by molar-refractivity contribution is -0.0146. The summed E-state index contributed by atoms with van der Waals surface area (Å²) in [7, 11) is 0. The fourth-order valence-electron chi connectivity index (χ4n) is 5.19. The van der Waals surface area contributed by atoms with Crippen LogP contribution in [0.25, 0.3) is 0 Å². The van der Waals surface area contributed by atoms with E-state index < -0.39 is 5.60 Å². The highest BCUT2D eigenvalue weighted by molar-refractivity contribution is 5.85. The number of fused-ring (bicyclic) bond motifs is 1. The molecule has 0 bridgehead atoms. The van der Waals surface area contributed by atoms with Crippen molar-refractivity contribution in [2.45, 2.75) is 24.9 Å². The molecule has 2 aliphatic rings. The van der Waals surface area contributed by atoms with Crippen molar-refractivity contribution in [3.05, 3.63) is 90.0 Å². The zero-order chi connectivity index (χ0) is 23.2. The lowest BCUT2D eigenvalue weighted by Gasteiger charge is -2.42. The minimum Gasteiger partial charge on any atom is -0.493 e. The van der Waals surface area contributed by atoms with E-state index in [0.717, 1.165) is 67.3 Å². The Hall–Kier alpha value is -2.73. The lowest BCUT2D eigenvalue weighted by Crippen LogP contribution is -2.44. The van der Waals surface area contributed by atoms with Gasteiger partial charge in [0.25, 0.3) is 0 Å². The van der Waals surface area contributed by atoms with Crippen LogP contribution in [0.1, 0.15) is 30.4 Å². The van der Waals surface area contributed by atoms with Crippen molar-refractivity contribution >= 4 is 12.4 Å². The standard InChI is InChI=1S/C29H33NO4.ClH/c31-29(23-8-3-1-4-9-23,24-10-5-2-6-11-24)25-14-17-30(18-15-25)16-7-19-32-26-12-13-27-28(22-26)34-21-20-33-27;/h1-6,8-13,22,25,31H,7,14-21H2;1H. The average molecular weight is 496 g/mol. The number of halogens is 1. The summed E-state index contributed by atoms with van der Waals surface area (Å²) in [6, 6.07) is 26.0. The molecule has 1 fully saturated rings. The number of hydrogen-bond donors (Lipinski definition) is 1. The van der Waals surface area contributed by atoms with E-state index in [9.17, 15) is 5.11 Å². The maximum absolute atomic E-state index is 12.0. The number of piperidine rings is 1. The second-order valence-electron chi connectivity index (χ2n) is 9.12. The van der Waals surface area contributed by atoms with Crippen molar-refractivity contribution in [3.63, 3.8) is 0 Å². The van der Waals surface area contributed by atoms with Gasteiger partial charge in [0.1, 0.15) is 24.6 Å². The minimum absolute atomic E-state index is 0. The Morgan fingerprint density at radius 3 is 2.06 bits per heavy atom. The second kappa shape index (κ2) is 11.8. The van der Waals surface area contributed by atoms with Crippen molar-refractivity contribution in [1.82, 2.24) is 4.90 Å². The van der Waals surface area contributed by atoms with Crippen LogP contribution in [0.5, 0.6) is 17.2 Å². The smallest absolute Gasteiger partial charge is 0.165 e. The van der Waals surface area contributed by atoms with Gasteiger partial charge in [0, 0.05) is 12.6 Å². The quantitative estimate of drug-likeness (QED) is 0.430. The first-order chi connectivity index (χ1) is 16.7. The maximum atomic E-state index is 12.0. The molecular formula is C29H34ClNO4. The van der Waals surface area contributed by atoms with Gasteiger partial charge in [-0.25, -0.2) is 0 Å². The van der Waals surface area contributed by atoms with Gasteiger partial charge < -0.3 is 24.2 Å². The van der Waals surface area contributed by atoms with Crippen LogP contribution in [0.4, 0.5) is 0 Å². The van der Waals surface area contributed by atoms with Crippen molar-refractivity contribution in [1.29, 1.82) is 0 Å². The fraction of sp³-hybridized carbons (Fsp3) is 0.379. The lowest BCUT2D eigenvalue weighted by atomic mass is 9.72. The Morgan fingerprint density at radius 2 is 1.43 bits per heavy atom. The van der Waals surface area contributed by atoms with Crippen molar-refractivity contribution in [2.24, 2.45) is 5.92 Å². The van der Waals surface area contributed by atoms with Crippen LogP contribution in [0.3, 0.4) is 0 Å². The molecule has 0 radical (unpaired) electrons. The predicted molar refractivity (Wildman–Crippen MR) is 140 cm³/mol. The van der Waals surface area contributed by atoms with Gasteiger partial charge in [0.2, 0.25) is 0 Å². The number of benzene rings is 3. The summed E-state index contributed by atoms with van der Waals surface area (Å²) < 4.78 is 17.2. The van der Waals surface area contributed by atoms with Gasteiger partial charge in [-0.1, -0.05) is 60.7 Å². The Balaban J connectivity index is 0.00000289. The minimum atomic E-state index is -0.962. The van der Waals surface area contributed by atoms with Crippen molar-refractivity contribution in [2.75, 3.05) is 39.5 Å². The molecule has 0 spiro atoms. The number of aliphatic hydroxyl groups is 1. The van der Waals surface area contributed by atoms with Gasteiger partial charge in [-0.2, -0.15) is 0 Å². The summed E-state index contributed by atoms with van der Waals surface area (Å²) in [4.78, 5) is 2.49. The monoisotopic (exact) mass is 495 g/mol. The molecule has 186 valence electrons. The molecule has 3 aromatic carbocycles. The van der Waals surface area contributed by atoms with Crippen molar-refractivity contribution < 1.29 is 19.3 Å². The molecule has 5 rings (SSSR count). The Morgan fingerprint density at radius 1 is 0.829 bits per heavy atom. The highest BCUT2D eigenvalue weighted by atomic mass is 35.5. The number of nitrogens with zero attached hydrogens (tertiary/aromatic N) is 1. The topological polar surface area (TPSA) is 51.2 Å². The molecule has 0 aromatic heterocycles. The molecule has 1 N–H and O–H groups in total. The highest BCUT2D eigenvalue weighted by Gasteiger charge is 2.41. The predicted octanol–water partition coefficient (Wildman–Crippen LogP) is 5.30. The van der Waals surface area contributed by atoms with E-state index >= 15 is 0 Å². The molecule has 0 unspecified atom stereocenters. The molecule has 2 heterocycles. The van der Waals surface area contributed by atoms with Gasteiger partial charge >= 0.3 is 0 Å². The van der Waals surface area contributed by atoms with E-state index in [0.29, 0.717) is 19.8 Å². The number of rotatable bonds is 8. The summed E-state index contributed by atoms with van der Waals surface area (Å²) >= 11 is 0. The summed E-state index contributed by atoms with van der Waals surface area (Å²) in [6.45, 7) is 4.80. The Bertz CT molecular complexity index is 1020. The van der Waals surface area contributed by atoms with E-state index in [1.165, 1.54) is 0 Å². The van der Waals surface area contributed by atoms with Crippen LogP contribution in [0.2, 0.25) is 0 Å². The molecule has 0 saturated carbocycles. The van der Waals surface area contributed by atoms with E-state index in [-0.39, 0.29) is 18.3 Å². The van der Waals surface area contributed by atoms with E-state index in [2.05, 4.69) is 29.2 Å². The van der Waals surface area contributed by atoms with Gasteiger partial charge in [-0.3, -0.25) is 0 Å². The Kier molecular flexibility index (Phi) is 8.55. The Labute approximate surface area is 214 Å². The molecule has 3 aromatic rings. The molecule has 0 atom stereocenters. The van der Waals surface area contributed by atoms with Gasteiger partial charge in [0.15, 0.2) is 11.5 Å². The highest BCUT2D eigenvalue weighted by Crippen LogP contribution is 2.42. The van der Waals surface area contributed by atoms with E-state index in [1.807, 2.05) is 54.6 Å². The first-order valence-electron chi connectivity index (χ1n) is 12.3. The van der Waals surface area contributed by atoms with Gasteiger partial charge in [-0.05, 0) is 61.5 Å². The first kappa shape index (κ1) is 25.4. The molecule has 2 aliphatic heterocycles. The summed E-state index contributed by atoms with van der Waals surface area (Å²) in [6.07, 6.45) is 2.88. The van der Waals surface area contributed by atoms with Crippen LogP contribution in [0.15, 0.2) is 78.9 Å². The molecule has 5 nitrogen and oxygen atoms in total. The fourth-order valence-corrected chi connectivity index (χ4v) is 5.19. The molecule has 0 amide bonds. The molecule has 0 aliphatic carbocycles. The van der Waals surface area contributed by atoms with Gasteiger partial charge in [-0.15, -0.1) is 12.4 Å². The number of likely N-dealkylation sites (tertiary alicyclic amines) is 1. The average Bonchev–Trinajstić information content (AvgIpc) is 2.92. The van der Waals surface area contributed by atoms with Crippen molar-refractivity contribution in [3.8, 4) is 17.2 Å². The van der Waals surface area contributed by atoms with E-state index in [1.54, 1.807) is 0 Å². The number of hydrogen-bond acceptors (Lipinski definition) is 5. The zero-order valence-electron chi connectivity index (χ0n) is 20.0. The molecular weight excluding hydrogens is 462 g/mol. The van der Waals surface area contributed by atoms with E-state index in [4.69, 9.17) is 14.2 Å². The van der Waals surface area contributed by atoms with Gasteiger partial charge in [0.05, 0.1) is 6.61 Å². The van der Waals surface area contributed by atoms with Crippen LogP contribution in [0, 0.1) is 5.92 Å². The molecule has 1 saturated heterocycles. The first-order valence-corrected chi connectivity index (χ1v) is 12.3. The largest absolute Gasteiger partial charge is 0.493 e.